The van der Waals surface area contributed by atoms with Crippen molar-refractivity contribution < 1.29 is 9.90 Å². The molecule has 1 aliphatic heterocycles. The Labute approximate surface area is 127 Å². The molecule has 0 bridgehead atoms. The summed E-state index contributed by atoms with van der Waals surface area (Å²) in [6.07, 6.45) is -0.847. The van der Waals surface area contributed by atoms with Crippen LogP contribution in [0, 0.1) is 0 Å². The number of aromatic nitrogens is 1. The molecule has 1 aliphatic rings. The number of benzene rings is 1. The van der Waals surface area contributed by atoms with Gasteiger partial charge >= 0.3 is 6.09 Å². The third-order valence-electron chi connectivity index (χ3n) is 3.79. The van der Waals surface area contributed by atoms with Crippen LogP contribution in [0.25, 0.3) is 10.9 Å². The number of hydrogen-bond acceptors (Lipinski definition) is 3. The van der Waals surface area contributed by atoms with E-state index in [1.165, 1.54) is 4.90 Å². The molecule has 5 nitrogen and oxygen atoms in total. The van der Waals surface area contributed by atoms with Gasteiger partial charge in [-0.2, -0.15) is 0 Å². The molecular weight excluding hydrogens is 290 g/mol. The summed E-state index contributed by atoms with van der Waals surface area (Å²) in [6, 6.07) is 9.94. The average Bonchev–Trinajstić information content (AvgIpc) is 2.48. The van der Waals surface area contributed by atoms with Crippen LogP contribution in [0.15, 0.2) is 30.3 Å². The maximum Gasteiger partial charge on any atom is 0.407 e. The van der Waals surface area contributed by atoms with Gasteiger partial charge in [0.15, 0.2) is 0 Å². The Morgan fingerprint density at radius 1 is 1.24 bits per heavy atom. The second-order valence-corrected chi connectivity index (χ2v) is 5.53. The van der Waals surface area contributed by atoms with Gasteiger partial charge in [-0.1, -0.05) is 29.8 Å². The summed E-state index contributed by atoms with van der Waals surface area (Å²) in [6.45, 7) is 3.21. The van der Waals surface area contributed by atoms with E-state index in [9.17, 15) is 4.79 Å². The standard InChI is InChI=1S/C15H16ClN3O2/c16-14-12(9-11-3-1-2-4-13(11)17-14)10-18-5-7-19(8-6-18)15(20)21/h1-4,9H,5-8,10H2,(H,20,21). The predicted octanol–water partition coefficient (Wildman–Crippen LogP) is 2.68. The van der Waals surface area contributed by atoms with Crippen molar-refractivity contribution >= 4 is 28.6 Å². The average molecular weight is 306 g/mol. The van der Waals surface area contributed by atoms with Gasteiger partial charge in [0.1, 0.15) is 5.15 Å². The summed E-state index contributed by atoms with van der Waals surface area (Å²) in [4.78, 5) is 19.0. The molecule has 21 heavy (non-hydrogen) atoms. The number of hydrogen-bond donors (Lipinski definition) is 1. The molecule has 0 aliphatic carbocycles. The van der Waals surface area contributed by atoms with Crippen LogP contribution in [-0.2, 0) is 6.54 Å². The number of carboxylic acid groups (broad SMARTS) is 1. The molecular formula is C15H16ClN3O2. The van der Waals surface area contributed by atoms with Gasteiger partial charge in [-0.05, 0) is 12.1 Å². The van der Waals surface area contributed by atoms with E-state index in [-0.39, 0.29) is 0 Å². The van der Waals surface area contributed by atoms with E-state index in [1.807, 2.05) is 24.3 Å². The van der Waals surface area contributed by atoms with E-state index < -0.39 is 6.09 Å². The summed E-state index contributed by atoms with van der Waals surface area (Å²) >= 11 is 6.26. The van der Waals surface area contributed by atoms with Crippen LogP contribution in [0.1, 0.15) is 5.56 Å². The molecule has 1 amide bonds. The lowest BCUT2D eigenvalue weighted by Crippen LogP contribution is -2.47. The van der Waals surface area contributed by atoms with Crippen molar-refractivity contribution in [3.63, 3.8) is 0 Å². The zero-order valence-corrected chi connectivity index (χ0v) is 12.3. The Balaban J connectivity index is 1.73. The van der Waals surface area contributed by atoms with E-state index in [2.05, 4.69) is 16.0 Å². The second-order valence-electron chi connectivity index (χ2n) is 5.18. The molecule has 0 atom stereocenters. The maximum atomic E-state index is 10.9. The summed E-state index contributed by atoms with van der Waals surface area (Å²) in [5.74, 6) is 0. The topological polar surface area (TPSA) is 56.7 Å². The number of rotatable bonds is 2. The number of halogens is 1. The number of nitrogens with zero attached hydrogens (tertiary/aromatic N) is 3. The third kappa shape index (κ3) is 3.09. The highest BCUT2D eigenvalue weighted by molar-refractivity contribution is 6.30. The van der Waals surface area contributed by atoms with Crippen LogP contribution in [0.3, 0.4) is 0 Å². The monoisotopic (exact) mass is 305 g/mol. The van der Waals surface area contributed by atoms with E-state index >= 15 is 0 Å². The molecule has 1 fully saturated rings. The number of piperazine rings is 1. The molecule has 1 aromatic carbocycles. The Kier molecular flexibility index (Phi) is 3.94. The molecule has 1 saturated heterocycles. The lowest BCUT2D eigenvalue weighted by atomic mass is 10.1. The number of amides is 1. The zero-order valence-electron chi connectivity index (χ0n) is 11.5. The smallest absolute Gasteiger partial charge is 0.407 e. The van der Waals surface area contributed by atoms with Crippen LogP contribution < -0.4 is 0 Å². The maximum absolute atomic E-state index is 10.9. The van der Waals surface area contributed by atoms with Gasteiger partial charge < -0.3 is 10.0 Å². The fraction of sp³-hybridized carbons (Fsp3) is 0.333. The van der Waals surface area contributed by atoms with Crippen LogP contribution in [0.5, 0.6) is 0 Å². The fourth-order valence-corrected chi connectivity index (χ4v) is 2.79. The first kappa shape index (κ1) is 14.1. The van der Waals surface area contributed by atoms with Crippen LogP contribution in [0.4, 0.5) is 4.79 Å². The summed E-state index contributed by atoms with van der Waals surface area (Å²) in [7, 11) is 0. The van der Waals surface area contributed by atoms with Gasteiger partial charge in [0.05, 0.1) is 5.52 Å². The van der Waals surface area contributed by atoms with Crippen molar-refractivity contribution in [2.24, 2.45) is 0 Å². The molecule has 110 valence electrons. The first-order valence-electron chi connectivity index (χ1n) is 6.88. The Hall–Kier alpha value is -1.85. The lowest BCUT2D eigenvalue weighted by molar-refractivity contribution is 0.103. The van der Waals surface area contributed by atoms with Gasteiger partial charge in [0.2, 0.25) is 0 Å². The van der Waals surface area contributed by atoms with Gasteiger partial charge in [-0.15, -0.1) is 0 Å². The molecule has 1 aromatic heterocycles. The highest BCUT2D eigenvalue weighted by atomic mass is 35.5. The first-order chi connectivity index (χ1) is 10.1. The minimum atomic E-state index is -0.847. The van der Waals surface area contributed by atoms with E-state index in [0.29, 0.717) is 24.8 Å². The summed E-state index contributed by atoms with van der Waals surface area (Å²) < 4.78 is 0. The number of para-hydroxylation sites is 1. The number of carbonyl (C=O) groups is 1. The van der Waals surface area contributed by atoms with Crippen molar-refractivity contribution in [1.82, 2.24) is 14.8 Å². The highest BCUT2D eigenvalue weighted by Crippen LogP contribution is 2.22. The van der Waals surface area contributed by atoms with Crippen molar-refractivity contribution in [1.29, 1.82) is 0 Å². The van der Waals surface area contributed by atoms with E-state index in [4.69, 9.17) is 16.7 Å². The molecule has 6 heteroatoms. The molecule has 0 unspecified atom stereocenters. The Morgan fingerprint density at radius 3 is 2.67 bits per heavy atom. The predicted molar refractivity (Wildman–Crippen MR) is 81.6 cm³/mol. The molecule has 2 aromatic rings. The van der Waals surface area contributed by atoms with Gasteiger partial charge in [0, 0.05) is 43.7 Å². The zero-order chi connectivity index (χ0) is 14.8. The normalized spacial score (nSPS) is 16.3. The summed E-state index contributed by atoms with van der Waals surface area (Å²) in [5, 5.41) is 10.5. The minimum absolute atomic E-state index is 0.523. The first-order valence-corrected chi connectivity index (χ1v) is 7.25. The van der Waals surface area contributed by atoms with Crippen molar-refractivity contribution in [3.05, 3.63) is 41.0 Å². The van der Waals surface area contributed by atoms with E-state index in [1.54, 1.807) is 0 Å². The Bertz CT molecular complexity index is 669. The fourth-order valence-electron chi connectivity index (χ4n) is 2.59. The van der Waals surface area contributed by atoms with Crippen molar-refractivity contribution in [3.8, 4) is 0 Å². The SMILES string of the molecule is O=C(O)N1CCN(Cc2cc3ccccc3nc2Cl)CC1. The number of fused-ring (bicyclic) bond motifs is 1. The van der Waals surface area contributed by atoms with Gasteiger partial charge in [-0.25, -0.2) is 9.78 Å². The van der Waals surface area contributed by atoms with E-state index in [0.717, 1.165) is 29.6 Å². The van der Waals surface area contributed by atoms with Crippen LogP contribution in [-0.4, -0.2) is 52.2 Å². The van der Waals surface area contributed by atoms with Crippen LogP contribution >= 0.6 is 11.6 Å². The van der Waals surface area contributed by atoms with Gasteiger partial charge in [0.25, 0.3) is 0 Å². The summed E-state index contributed by atoms with van der Waals surface area (Å²) in [5.41, 5.74) is 1.88. The molecule has 0 spiro atoms. The van der Waals surface area contributed by atoms with Crippen LogP contribution in [0.2, 0.25) is 5.15 Å². The quantitative estimate of drug-likeness (QED) is 0.867. The Morgan fingerprint density at radius 2 is 1.95 bits per heavy atom. The van der Waals surface area contributed by atoms with Crippen molar-refractivity contribution in [2.45, 2.75) is 6.54 Å². The third-order valence-corrected chi connectivity index (χ3v) is 4.11. The van der Waals surface area contributed by atoms with Crippen molar-refractivity contribution in [2.75, 3.05) is 26.2 Å². The number of pyridine rings is 1. The molecule has 1 N–H and O–H groups in total. The minimum Gasteiger partial charge on any atom is -0.465 e. The van der Waals surface area contributed by atoms with Gasteiger partial charge in [-0.3, -0.25) is 4.90 Å². The molecule has 3 rings (SSSR count). The second kappa shape index (κ2) is 5.87. The largest absolute Gasteiger partial charge is 0.465 e. The molecule has 0 saturated carbocycles. The lowest BCUT2D eigenvalue weighted by Gasteiger charge is -2.33. The molecule has 2 heterocycles. The highest BCUT2D eigenvalue weighted by Gasteiger charge is 2.21. The molecule has 0 radical (unpaired) electrons.